The highest BCUT2D eigenvalue weighted by Crippen LogP contribution is 2.34. The van der Waals surface area contributed by atoms with Crippen molar-refractivity contribution in [2.75, 3.05) is 4.90 Å². The number of amides is 2. The zero-order chi connectivity index (χ0) is 12.5. The molecule has 18 heavy (non-hydrogen) atoms. The highest BCUT2D eigenvalue weighted by atomic mass is 16.2. The molecule has 0 atom stereocenters. The van der Waals surface area contributed by atoms with E-state index in [4.69, 9.17) is 5.73 Å². The normalized spacial score (nSPS) is 17.2. The molecular formula is C15H14N2O. The van der Waals surface area contributed by atoms with Crippen LogP contribution < -0.4 is 10.6 Å². The Bertz CT molecular complexity index is 596. The SMILES string of the molecule is NC(=O)N1C2=CC=CCC2=CCc2ccccc21. The van der Waals surface area contributed by atoms with Gasteiger partial charge in [0.2, 0.25) is 0 Å². The number of carbonyl (C=O) groups is 1. The maximum atomic E-state index is 11.8. The minimum atomic E-state index is -0.434. The molecule has 2 amide bonds. The van der Waals surface area contributed by atoms with Crippen molar-refractivity contribution in [2.45, 2.75) is 12.8 Å². The molecule has 1 heterocycles. The number of primary amides is 1. The molecular weight excluding hydrogens is 224 g/mol. The molecule has 90 valence electrons. The molecule has 3 rings (SSSR count). The second-order valence-electron chi connectivity index (χ2n) is 4.42. The molecule has 0 aromatic heterocycles. The fourth-order valence-electron chi connectivity index (χ4n) is 2.47. The van der Waals surface area contributed by atoms with Gasteiger partial charge in [-0.25, -0.2) is 4.79 Å². The minimum absolute atomic E-state index is 0.434. The number of carbonyl (C=O) groups excluding carboxylic acids is 1. The van der Waals surface area contributed by atoms with Crippen LogP contribution in [0.2, 0.25) is 0 Å². The van der Waals surface area contributed by atoms with Crippen molar-refractivity contribution in [2.24, 2.45) is 5.73 Å². The van der Waals surface area contributed by atoms with Gasteiger partial charge in [0.1, 0.15) is 0 Å². The Balaban J connectivity index is 2.21. The van der Waals surface area contributed by atoms with E-state index in [1.54, 1.807) is 4.90 Å². The van der Waals surface area contributed by atoms with E-state index in [9.17, 15) is 4.79 Å². The number of hydrogen-bond donors (Lipinski definition) is 1. The summed E-state index contributed by atoms with van der Waals surface area (Å²) in [7, 11) is 0. The topological polar surface area (TPSA) is 46.3 Å². The molecule has 1 aromatic carbocycles. The first-order valence-electron chi connectivity index (χ1n) is 6.01. The Morgan fingerprint density at radius 2 is 2.06 bits per heavy atom. The van der Waals surface area contributed by atoms with Crippen molar-refractivity contribution in [3.63, 3.8) is 0 Å². The maximum Gasteiger partial charge on any atom is 0.323 e. The zero-order valence-corrected chi connectivity index (χ0v) is 9.97. The van der Waals surface area contributed by atoms with Gasteiger partial charge in [0.15, 0.2) is 0 Å². The van der Waals surface area contributed by atoms with Crippen LogP contribution in [0.25, 0.3) is 0 Å². The lowest BCUT2D eigenvalue weighted by molar-refractivity contribution is 0.255. The van der Waals surface area contributed by atoms with Gasteiger partial charge in [-0.3, -0.25) is 4.90 Å². The second kappa shape index (κ2) is 4.18. The van der Waals surface area contributed by atoms with Gasteiger partial charge in [0.05, 0.1) is 11.4 Å². The van der Waals surface area contributed by atoms with E-state index in [1.807, 2.05) is 36.4 Å². The van der Waals surface area contributed by atoms with Gasteiger partial charge in [0, 0.05) is 0 Å². The van der Waals surface area contributed by atoms with Crippen molar-refractivity contribution < 1.29 is 4.79 Å². The number of hydrogen-bond acceptors (Lipinski definition) is 1. The molecule has 2 aliphatic rings. The number of fused-ring (bicyclic) bond motifs is 2. The van der Waals surface area contributed by atoms with Crippen LogP contribution in [0.4, 0.5) is 10.5 Å². The number of benzene rings is 1. The standard InChI is InChI=1S/C15H14N2O/c16-15(18)17-13-7-3-1-5-11(13)9-10-12-6-2-4-8-14(12)17/h1-5,7-8,10H,6,9H2,(H2,16,18). The zero-order valence-electron chi connectivity index (χ0n) is 9.97. The van der Waals surface area contributed by atoms with Crippen molar-refractivity contribution in [1.29, 1.82) is 0 Å². The number of nitrogens with two attached hydrogens (primary N) is 1. The lowest BCUT2D eigenvalue weighted by Crippen LogP contribution is -2.36. The van der Waals surface area contributed by atoms with E-state index in [1.165, 1.54) is 0 Å². The van der Waals surface area contributed by atoms with Crippen LogP contribution in [0.1, 0.15) is 12.0 Å². The third-order valence-corrected chi connectivity index (χ3v) is 3.32. The Morgan fingerprint density at radius 1 is 1.22 bits per heavy atom. The van der Waals surface area contributed by atoms with Gasteiger partial charge in [-0.2, -0.15) is 0 Å². The molecule has 0 saturated heterocycles. The maximum absolute atomic E-state index is 11.8. The summed E-state index contributed by atoms with van der Waals surface area (Å²) < 4.78 is 0. The second-order valence-corrected chi connectivity index (χ2v) is 4.42. The molecule has 1 aliphatic carbocycles. The number of para-hydroxylation sites is 1. The van der Waals surface area contributed by atoms with Gasteiger partial charge in [-0.05, 0) is 36.1 Å². The fourth-order valence-corrected chi connectivity index (χ4v) is 2.47. The number of rotatable bonds is 0. The summed E-state index contributed by atoms with van der Waals surface area (Å²) in [6.07, 6.45) is 9.87. The Labute approximate surface area is 106 Å². The first-order chi connectivity index (χ1) is 8.77. The molecule has 1 aliphatic heterocycles. The number of urea groups is 1. The number of nitrogens with zero attached hydrogens (tertiary/aromatic N) is 1. The smallest absolute Gasteiger partial charge is 0.323 e. The molecule has 1 aromatic rings. The monoisotopic (exact) mass is 238 g/mol. The summed E-state index contributed by atoms with van der Waals surface area (Å²) in [5.74, 6) is 0. The van der Waals surface area contributed by atoms with Crippen LogP contribution in [0.3, 0.4) is 0 Å². The third kappa shape index (κ3) is 1.64. The molecule has 2 N–H and O–H groups in total. The Kier molecular flexibility index (Phi) is 2.52. The lowest BCUT2D eigenvalue weighted by atomic mass is 10.0. The van der Waals surface area contributed by atoms with Crippen LogP contribution in [0.15, 0.2) is 59.8 Å². The number of allylic oxidation sites excluding steroid dienone is 5. The van der Waals surface area contributed by atoms with Crippen LogP contribution in [0, 0.1) is 0 Å². The predicted octanol–water partition coefficient (Wildman–Crippen LogP) is 2.90. The molecule has 0 bridgehead atoms. The summed E-state index contributed by atoms with van der Waals surface area (Å²) >= 11 is 0. The van der Waals surface area contributed by atoms with Crippen LogP contribution in [0.5, 0.6) is 0 Å². The van der Waals surface area contributed by atoms with Crippen molar-refractivity contribution >= 4 is 11.7 Å². The third-order valence-electron chi connectivity index (χ3n) is 3.32. The van der Waals surface area contributed by atoms with Gasteiger partial charge in [-0.1, -0.05) is 36.4 Å². The Morgan fingerprint density at radius 3 is 2.89 bits per heavy atom. The molecule has 0 saturated carbocycles. The average molecular weight is 238 g/mol. The van der Waals surface area contributed by atoms with Crippen LogP contribution in [-0.4, -0.2) is 6.03 Å². The fraction of sp³-hybridized carbons (Fsp3) is 0.133. The van der Waals surface area contributed by atoms with Crippen molar-refractivity contribution in [1.82, 2.24) is 0 Å². The van der Waals surface area contributed by atoms with Gasteiger partial charge in [0.25, 0.3) is 0 Å². The first-order valence-corrected chi connectivity index (χ1v) is 6.01. The summed E-state index contributed by atoms with van der Waals surface area (Å²) in [4.78, 5) is 13.4. The summed E-state index contributed by atoms with van der Waals surface area (Å²) in [6, 6.07) is 7.46. The highest BCUT2D eigenvalue weighted by molar-refractivity contribution is 5.96. The molecule has 0 radical (unpaired) electrons. The minimum Gasteiger partial charge on any atom is -0.351 e. The molecule has 0 fully saturated rings. The Hall–Kier alpha value is -2.29. The van der Waals surface area contributed by atoms with E-state index in [-0.39, 0.29) is 0 Å². The predicted molar refractivity (Wildman–Crippen MR) is 72.1 cm³/mol. The van der Waals surface area contributed by atoms with Crippen molar-refractivity contribution in [3.05, 3.63) is 65.4 Å². The van der Waals surface area contributed by atoms with E-state index in [2.05, 4.69) is 12.2 Å². The van der Waals surface area contributed by atoms with Gasteiger partial charge >= 0.3 is 6.03 Å². The number of anilines is 1. The summed E-state index contributed by atoms with van der Waals surface area (Å²) in [6.45, 7) is 0. The summed E-state index contributed by atoms with van der Waals surface area (Å²) in [5.41, 5.74) is 9.62. The van der Waals surface area contributed by atoms with Gasteiger partial charge < -0.3 is 5.73 Å². The van der Waals surface area contributed by atoms with Crippen LogP contribution >= 0.6 is 0 Å². The van der Waals surface area contributed by atoms with E-state index < -0.39 is 6.03 Å². The van der Waals surface area contributed by atoms with Crippen molar-refractivity contribution in [3.8, 4) is 0 Å². The largest absolute Gasteiger partial charge is 0.351 e. The quantitative estimate of drug-likeness (QED) is 0.742. The molecule has 0 unspecified atom stereocenters. The van der Waals surface area contributed by atoms with Crippen LogP contribution in [-0.2, 0) is 6.42 Å². The van der Waals surface area contributed by atoms with E-state index in [0.717, 1.165) is 35.4 Å². The van der Waals surface area contributed by atoms with Gasteiger partial charge in [-0.15, -0.1) is 0 Å². The highest BCUT2D eigenvalue weighted by Gasteiger charge is 2.25. The first kappa shape index (κ1) is 10.8. The molecule has 0 spiro atoms. The average Bonchev–Trinajstić information content (AvgIpc) is 2.55. The molecule has 3 nitrogen and oxygen atoms in total. The van der Waals surface area contributed by atoms with E-state index >= 15 is 0 Å². The van der Waals surface area contributed by atoms with E-state index in [0.29, 0.717) is 0 Å². The lowest BCUT2D eigenvalue weighted by Gasteiger charge is -2.26. The summed E-state index contributed by atoms with van der Waals surface area (Å²) in [5, 5.41) is 0. The molecule has 3 heteroatoms.